The topological polar surface area (TPSA) is 67.8 Å². The molecule has 0 bridgehead atoms. The molecule has 0 aromatic heterocycles. The maximum Gasteiger partial charge on any atom is 0.292 e. The van der Waals surface area contributed by atoms with Gasteiger partial charge in [-0.3, -0.25) is 4.79 Å². The highest BCUT2D eigenvalue weighted by Crippen LogP contribution is 2.30. The van der Waals surface area contributed by atoms with Crippen molar-refractivity contribution in [3.05, 3.63) is 58.6 Å². The summed E-state index contributed by atoms with van der Waals surface area (Å²) in [6, 6.07) is 12.0. The highest BCUT2D eigenvalue weighted by molar-refractivity contribution is 7.90. The molecule has 0 saturated heterocycles. The first-order valence-corrected chi connectivity index (χ1v) is 9.27. The van der Waals surface area contributed by atoms with Gasteiger partial charge in [0.1, 0.15) is 11.4 Å². The van der Waals surface area contributed by atoms with Crippen LogP contribution in [0.5, 0.6) is 0 Å². The van der Waals surface area contributed by atoms with Crippen molar-refractivity contribution in [3.8, 4) is 0 Å². The number of aryl methyl sites for hydroxylation is 1. The standard InChI is InChI=1S/C18H20ClN3O2S/c1-4-22(3)12-20-16-10-13(2)17(11-15(16)19)25(24)21-18(23)14-8-6-5-7-9-14/h5-12H,4H2,1-3H3,(H,21,23)/b20-12+. The average Bonchev–Trinajstić information content (AvgIpc) is 2.62. The zero-order valence-corrected chi connectivity index (χ0v) is 15.9. The van der Waals surface area contributed by atoms with Crippen molar-refractivity contribution >= 4 is 40.9 Å². The largest absolute Gasteiger partial charge is 0.588 e. The van der Waals surface area contributed by atoms with Crippen molar-refractivity contribution in [2.24, 2.45) is 4.99 Å². The number of aliphatic imine (C=N–C) groups is 1. The van der Waals surface area contributed by atoms with Gasteiger partial charge in [0.2, 0.25) is 0 Å². The molecule has 0 aliphatic rings. The van der Waals surface area contributed by atoms with Crippen LogP contribution in [0.2, 0.25) is 5.02 Å². The number of rotatable bonds is 6. The summed E-state index contributed by atoms with van der Waals surface area (Å²) >= 11 is 4.54. The summed E-state index contributed by atoms with van der Waals surface area (Å²) in [7, 11) is 1.91. The third-order valence-corrected chi connectivity index (χ3v) is 5.07. The Morgan fingerprint density at radius 3 is 2.68 bits per heavy atom. The summed E-state index contributed by atoms with van der Waals surface area (Å²) in [5.41, 5.74) is 1.78. The number of halogens is 1. The number of benzene rings is 2. The fraction of sp³-hybridized carbons (Fsp3) is 0.222. The first kappa shape index (κ1) is 19.3. The Kier molecular flexibility index (Phi) is 6.87. The van der Waals surface area contributed by atoms with E-state index in [1.165, 1.54) is 0 Å². The lowest BCUT2D eigenvalue weighted by Gasteiger charge is -2.14. The van der Waals surface area contributed by atoms with E-state index in [4.69, 9.17) is 11.6 Å². The molecule has 0 fully saturated rings. The van der Waals surface area contributed by atoms with E-state index in [0.29, 0.717) is 21.2 Å². The molecule has 2 aromatic rings. The third kappa shape index (κ3) is 5.22. The second-order valence-electron chi connectivity index (χ2n) is 5.45. The maximum atomic E-state index is 12.5. The average molecular weight is 378 g/mol. The van der Waals surface area contributed by atoms with Crippen molar-refractivity contribution in [1.29, 1.82) is 0 Å². The molecule has 25 heavy (non-hydrogen) atoms. The van der Waals surface area contributed by atoms with E-state index in [1.807, 2.05) is 24.9 Å². The Hall–Kier alpha value is -2.02. The highest BCUT2D eigenvalue weighted by atomic mass is 35.5. The number of hydrogen-bond acceptors (Lipinski definition) is 3. The van der Waals surface area contributed by atoms with Crippen LogP contribution in [-0.2, 0) is 11.4 Å². The normalized spacial score (nSPS) is 12.2. The monoisotopic (exact) mass is 377 g/mol. The number of nitrogens with zero attached hydrogens (tertiary/aromatic N) is 2. The van der Waals surface area contributed by atoms with E-state index >= 15 is 0 Å². The van der Waals surface area contributed by atoms with Crippen LogP contribution >= 0.6 is 11.6 Å². The minimum Gasteiger partial charge on any atom is -0.588 e. The van der Waals surface area contributed by atoms with Crippen LogP contribution in [0.1, 0.15) is 22.8 Å². The van der Waals surface area contributed by atoms with Gasteiger partial charge < -0.3 is 9.45 Å². The Morgan fingerprint density at radius 2 is 2.04 bits per heavy atom. The minimum absolute atomic E-state index is 0.378. The predicted octanol–water partition coefficient (Wildman–Crippen LogP) is 3.71. The molecule has 2 rings (SSSR count). The number of nitrogens with one attached hydrogen (secondary N) is 1. The summed E-state index contributed by atoms with van der Waals surface area (Å²) in [6.07, 6.45) is 1.69. The van der Waals surface area contributed by atoms with E-state index < -0.39 is 17.3 Å². The molecule has 1 amide bonds. The van der Waals surface area contributed by atoms with Crippen LogP contribution in [-0.4, -0.2) is 35.3 Å². The summed E-state index contributed by atoms with van der Waals surface area (Å²) in [5, 5.41) is 0.378. The van der Waals surface area contributed by atoms with Crippen molar-refractivity contribution in [2.45, 2.75) is 18.7 Å². The van der Waals surface area contributed by atoms with Crippen molar-refractivity contribution < 1.29 is 9.35 Å². The van der Waals surface area contributed by atoms with Gasteiger partial charge in [0, 0.05) is 30.8 Å². The first-order chi connectivity index (χ1) is 11.9. The molecule has 1 unspecified atom stereocenters. The molecule has 0 heterocycles. The van der Waals surface area contributed by atoms with Gasteiger partial charge in [0.05, 0.1) is 17.0 Å². The Balaban J connectivity index is 2.17. The van der Waals surface area contributed by atoms with Crippen LogP contribution < -0.4 is 4.72 Å². The van der Waals surface area contributed by atoms with E-state index in [9.17, 15) is 9.35 Å². The molecule has 132 valence electrons. The molecule has 1 N–H and O–H groups in total. The molecule has 1 atom stereocenters. The molecule has 2 aromatic carbocycles. The fourth-order valence-corrected chi connectivity index (χ4v) is 3.23. The molecular weight excluding hydrogens is 358 g/mol. The lowest BCUT2D eigenvalue weighted by atomic mass is 10.2. The summed E-state index contributed by atoms with van der Waals surface area (Å²) in [5.74, 6) is -0.402. The summed E-state index contributed by atoms with van der Waals surface area (Å²) in [6.45, 7) is 4.65. The summed E-state index contributed by atoms with van der Waals surface area (Å²) < 4.78 is 15.0. The van der Waals surface area contributed by atoms with E-state index in [0.717, 1.165) is 12.1 Å². The van der Waals surface area contributed by atoms with Gasteiger partial charge in [-0.05, 0) is 32.0 Å². The van der Waals surface area contributed by atoms with E-state index in [1.54, 1.807) is 49.7 Å². The maximum absolute atomic E-state index is 12.5. The second kappa shape index (κ2) is 8.89. The molecule has 0 radical (unpaired) electrons. The zero-order chi connectivity index (χ0) is 18.4. The molecule has 0 saturated carbocycles. The van der Waals surface area contributed by atoms with Crippen molar-refractivity contribution in [2.75, 3.05) is 13.6 Å². The quantitative estimate of drug-likeness (QED) is 0.474. The lowest BCUT2D eigenvalue weighted by molar-refractivity contribution is 0.0981. The van der Waals surface area contributed by atoms with Gasteiger partial charge in [-0.1, -0.05) is 29.8 Å². The number of carbonyl (C=O) groups is 1. The Labute approximate surface area is 156 Å². The molecular formula is C18H20ClN3O2S. The highest BCUT2D eigenvalue weighted by Gasteiger charge is 2.21. The van der Waals surface area contributed by atoms with Crippen LogP contribution in [0, 0.1) is 6.92 Å². The van der Waals surface area contributed by atoms with Gasteiger partial charge in [-0.15, -0.1) is 0 Å². The van der Waals surface area contributed by atoms with Crippen molar-refractivity contribution in [3.63, 3.8) is 0 Å². The zero-order valence-electron chi connectivity index (χ0n) is 14.3. The van der Waals surface area contributed by atoms with Gasteiger partial charge in [-0.25, -0.2) is 4.99 Å². The first-order valence-electron chi connectivity index (χ1n) is 7.74. The Morgan fingerprint density at radius 1 is 1.36 bits per heavy atom. The number of hydrogen-bond donors (Lipinski definition) is 1. The van der Waals surface area contributed by atoms with Crippen LogP contribution in [0.4, 0.5) is 5.69 Å². The van der Waals surface area contributed by atoms with Gasteiger partial charge in [-0.2, -0.15) is 4.72 Å². The van der Waals surface area contributed by atoms with Crippen LogP contribution in [0.25, 0.3) is 0 Å². The second-order valence-corrected chi connectivity index (χ2v) is 7.04. The van der Waals surface area contributed by atoms with Crippen LogP contribution in [0.3, 0.4) is 0 Å². The molecule has 7 heteroatoms. The summed E-state index contributed by atoms with van der Waals surface area (Å²) in [4.78, 5) is 18.8. The lowest BCUT2D eigenvalue weighted by Crippen LogP contribution is -2.31. The van der Waals surface area contributed by atoms with Crippen molar-refractivity contribution in [1.82, 2.24) is 9.62 Å². The number of amides is 1. The number of carbonyl (C=O) groups excluding carboxylic acids is 1. The predicted molar refractivity (Wildman–Crippen MR) is 103 cm³/mol. The fourth-order valence-electron chi connectivity index (χ4n) is 1.98. The van der Waals surface area contributed by atoms with E-state index in [2.05, 4.69) is 9.71 Å². The van der Waals surface area contributed by atoms with Gasteiger partial charge in [0.15, 0.2) is 4.90 Å². The molecule has 0 aliphatic carbocycles. The van der Waals surface area contributed by atoms with Gasteiger partial charge >= 0.3 is 0 Å². The van der Waals surface area contributed by atoms with E-state index in [-0.39, 0.29) is 0 Å². The minimum atomic E-state index is -1.70. The van der Waals surface area contributed by atoms with Gasteiger partial charge in [0.25, 0.3) is 5.91 Å². The Bertz CT molecular complexity index is 768. The molecule has 0 aliphatic heterocycles. The SMILES string of the molecule is CCN(C)/C=N/c1cc(C)c([S+]([O-])NC(=O)c2ccccc2)cc1Cl. The van der Waals surface area contributed by atoms with Crippen LogP contribution in [0.15, 0.2) is 52.4 Å². The molecule has 5 nitrogen and oxygen atoms in total. The molecule has 0 spiro atoms. The third-order valence-electron chi connectivity index (χ3n) is 3.56. The smallest absolute Gasteiger partial charge is 0.292 e.